The lowest BCUT2D eigenvalue weighted by molar-refractivity contribution is -0.127. The molecule has 0 spiro atoms. The first-order valence-electron chi connectivity index (χ1n) is 9.12. The van der Waals surface area contributed by atoms with Crippen molar-refractivity contribution in [2.45, 2.75) is 4.90 Å². The number of aromatic nitrogens is 1. The van der Waals surface area contributed by atoms with Gasteiger partial charge < -0.3 is 4.90 Å². The van der Waals surface area contributed by atoms with Crippen LogP contribution in [0, 0.1) is 0 Å². The molecule has 1 aromatic heterocycles. The molecule has 0 saturated carbocycles. The van der Waals surface area contributed by atoms with Gasteiger partial charge in [-0.3, -0.25) is 4.79 Å². The monoisotopic (exact) mass is 481 g/mol. The zero-order valence-electron chi connectivity index (χ0n) is 15.7. The highest BCUT2D eigenvalue weighted by atomic mass is 35.5. The van der Waals surface area contributed by atoms with Crippen LogP contribution in [0.5, 0.6) is 0 Å². The molecule has 1 saturated heterocycles. The summed E-state index contributed by atoms with van der Waals surface area (Å²) in [5, 5.41) is 1.17. The van der Waals surface area contributed by atoms with Crippen LogP contribution in [0.25, 0.3) is 16.3 Å². The normalized spacial score (nSPS) is 15.9. The maximum atomic E-state index is 12.9. The summed E-state index contributed by atoms with van der Waals surface area (Å²) in [4.78, 5) is 18.6. The number of thiazole rings is 1. The number of benzene rings is 2. The van der Waals surface area contributed by atoms with Crippen molar-refractivity contribution in [2.75, 3.05) is 26.2 Å². The summed E-state index contributed by atoms with van der Waals surface area (Å²) >= 11 is 13.5. The Balaban J connectivity index is 1.41. The molecule has 3 aromatic rings. The lowest BCUT2D eigenvalue weighted by atomic mass is 10.3. The van der Waals surface area contributed by atoms with Gasteiger partial charge in [0.05, 0.1) is 15.2 Å². The van der Waals surface area contributed by atoms with Crippen molar-refractivity contribution >= 4 is 66.8 Å². The molecule has 30 heavy (non-hydrogen) atoms. The summed E-state index contributed by atoms with van der Waals surface area (Å²) in [5.41, 5.74) is 0.896. The number of carbonyl (C=O) groups is 1. The second kappa shape index (κ2) is 8.64. The molecular formula is C20H17Cl2N3O3S2. The number of carbonyl (C=O) groups excluding carboxylic acids is 1. The number of hydrogen-bond acceptors (Lipinski definition) is 5. The third-order valence-corrected chi connectivity index (χ3v) is 8.36. The fourth-order valence-electron chi connectivity index (χ4n) is 3.17. The minimum absolute atomic E-state index is 0.0211. The first-order chi connectivity index (χ1) is 14.3. The van der Waals surface area contributed by atoms with E-state index in [1.165, 1.54) is 39.9 Å². The summed E-state index contributed by atoms with van der Waals surface area (Å²) < 4.78 is 28.2. The summed E-state index contributed by atoms with van der Waals surface area (Å²) in [7, 11) is -3.78. The van der Waals surface area contributed by atoms with Crippen LogP contribution in [0.3, 0.4) is 0 Å². The smallest absolute Gasteiger partial charge is 0.246 e. The van der Waals surface area contributed by atoms with Crippen LogP contribution in [0.4, 0.5) is 0 Å². The third-order valence-electron chi connectivity index (χ3n) is 4.74. The second-order valence-corrected chi connectivity index (χ2v) is 10.5. The van der Waals surface area contributed by atoms with E-state index in [1.54, 1.807) is 11.0 Å². The van der Waals surface area contributed by atoms with Gasteiger partial charge in [0, 0.05) is 37.3 Å². The van der Waals surface area contributed by atoms with Gasteiger partial charge in [-0.2, -0.15) is 4.31 Å². The molecule has 0 bridgehead atoms. The first kappa shape index (κ1) is 21.3. The minimum atomic E-state index is -3.78. The molecule has 1 fully saturated rings. The second-order valence-electron chi connectivity index (χ2n) is 6.66. The first-order valence-corrected chi connectivity index (χ1v) is 12.1. The Labute approximate surface area is 188 Å². The molecule has 0 aliphatic carbocycles. The molecule has 0 N–H and O–H groups in total. The van der Waals surface area contributed by atoms with E-state index < -0.39 is 10.0 Å². The molecule has 1 aliphatic heterocycles. The summed E-state index contributed by atoms with van der Waals surface area (Å²) in [6.45, 7) is 0.957. The largest absolute Gasteiger partial charge is 0.337 e. The van der Waals surface area contributed by atoms with Gasteiger partial charge in [0.2, 0.25) is 15.9 Å². The molecule has 2 aromatic carbocycles. The Hall–Kier alpha value is -1.97. The number of halogens is 2. The van der Waals surface area contributed by atoms with Gasteiger partial charge in [-0.15, -0.1) is 11.3 Å². The Morgan fingerprint density at radius 2 is 1.80 bits per heavy atom. The predicted octanol–water partition coefficient (Wildman–Crippen LogP) is 4.15. The van der Waals surface area contributed by atoms with Crippen LogP contribution in [0.1, 0.15) is 5.01 Å². The van der Waals surface area contributed by atoms with E-state index in [0.29, 0.717) is 18.1 Å². The van der Waals surface area contributed by atoms with Crippen molar-refractivity contribution in [3.05, 3.63) is 63.6 Å². The molecule has 0 radical (unpaired) electrons. The van der Waals surface area contributed by atoms with Crippen molar-refractivity contribution in [3.8, 4) is 0 Å². The Bertz CT molecular complexity index is 1200. The highest BCUT2D eigenvalue weighted by Gasteiger charge is 2.31. The number of sulfonamides is 1. The number of rotatable bonds is 4. The van der Waals surface area contributed by atoms with E-state index in [1.807, 2.05) is 24.3 Å². The van der Waals surface area contributed by atoms with Gasteiger partial charge in [-0.25, -0.2) is 13.4 Å². The number of nitrogens with zero attached hydrogens (tertiary/aromatic N) is 3. The standard InChI is InChI=1S/C20H17Cl2N3O3S2/c21-14-5-6-15(22)18(13-14)30(27,28)25-11-9-24(10-12-25)20(26)8-7-19-23-16-3-1-2-4-17(16)29-19/h1-8,13H,9-12H2/b8-7+. The number of amides is 1. The van der Waals surface area contributed by atoms with Crippen molar-refractivity contribution in [1.29, 1.82) is 0 Å². The quantitative estimate of drug-likeness (QED) is 0.524. The number of piperazine rings is 1. The minimum Gasteiger partial charge on any atom is -0.337 e. The molecule has 4 rings (SSSR count). The zero-order chi connectivity index (χ0) is 21.3. The van der Waals surface area contributed by atoms with Gasteiger partial charge in [0.15, 0.2) is 0 Å². The van der Waals surface area contributed by atoms with Gasteiger partial charge in [0.25, 0.3) is 0 Å². The van der Waals surface area contributed by atoms with Crippen molar-refractivity contribution < 1.29 is 13.2 Å². The van der Waals surface area contributed by atoms with Crippen LogP contribution < -0.4 is 0 Å². The Kier molecular flexibility index (Phi) is 6.13. The third kappa shape index (κ3) is 4.38. The fourth-order valence-corrected chi connectivity index (χ4v) is 6.20. The lowest BCUT2D eigenvalue weighted by Gasteiger charge is -2.33. The molecule has 6 nitrogen and oxygen atoms in total. The summed E-state index contributed by atoms with van der Waals surface area (Å²) in [6.07, 6.45) is 3.18. The molecule has 156 valence electrons. The fraction of sp³-hybridized carbons (Fsp3) is 0.200. The molecule has 0 atom stereocenters. The van der Waals surface area contributed by atoms with Crippen LogP contribution in [-0.4, -0.2) is 54.7 Å². The van der Waals surface area contributed by atoms with Crippen molar-refractivity contribution in [1.82, 2.24) is 14.2 Å². The van der Waals surface area contributed by atoms with Crippen molar-refractivity contribution in [2.24, 2.45) is 0 Å². The molecule has 1 aliphatic rings. The molecule has 2 heterocycles. The highest BCUT2D eigenvalue weighted by Crippen LogP contribution is 2.28. The number of para-hydroxylation sites is 1. The maximum Gasteiger partial charge on any atom is 0.246 e. The maximum absolute atomic E-state index is 12.9. The van der Waals surface area contributed by atoms with Crippen LogP contribution in [0.2, 0.25) is 10.0 Å². The number of fused-ring (bicyclic) bond motifs is 1. The van der Waals surface area contributed by atoms with Gasteiger partial charge in [0.1, 0.15) is 9.90 Å². The van der Waals surface area contributed by atoms with E-state index in [9.17, 15) is 13.2 Å². The average Bonchev–Trinajstić information content (AvgIpc) is 3.17. The van der Waals surface area contributed by atoms with Crippen LogP contribution >= 0.6 is 34.5 Å². The van der Waals surface area contributed by atoms with Crippen molar-refractivity contribution in [3.63, 3.8) is 0 Å². The van der Waals surface area contributed by atoms with Gasteiger partial charge in [-0.1, -0.05) is 35.3 Å². The average molecular weight is 482 g/mol. The highest BCUT2D eigenvalue weighted by molar-refractivity contribution is 7.89. The molecule has 1 amide bonds. The molecule has 0 unspecified atom stereocenters. The van der Waals surface area contributed by atoms with E-state index in [2.05, 4.69) is 4.98 Å². The molecular weight excluding hydrogens is 465 g/mol. The van der Waals surface area contributed by atoms with E-state index in [4.69, 9.17) is 23.2 Å². The van der Waals surface area contributed by atoms with Crippen LogP contribution in [-0.2, 0) is 14.8 Å². The summed E-state index contributed by atoms with van der Waals surface area (Å²) in [6, 6.07) is 12.1. The van der Waals surface area contributed by atoms with Gasteiger partial charge >= 0.3 is 0 Å². The zero-order valence-corrected chi connectivity index (χ0v) is 18.8. The van der Waals surface area contributed by atoms with E-state index in [0.717, 1.165) is 15.2 Å². The lowest BCUT2D eigenvalue weighted by Crippen LogP contribution is -2.50. The SMILES string of the molecule is O=C(/C=C/c1nc2ccccc2s1)N1CCN(S(=O)(=O)c2cc(Cl)ccc2Cl)CC1. The summed E-state index contributed by atoms with van der Waals surface area (Å²) in [5.74, 6) is -0.174. The topological polar surface area (TPSA) is 70.6 Å². The Morgan fingerprint density at radius 3 is 2.53 bits per heavy atom. The van der Waals surface area contributed by atoms with Gasteiger partial charge in [-0.05, 0) is 36.4 Å². The predicted molar refractivity (Wildman–Crippen MR) is 120 cm³/mol. The van der Waals surface area contributed by atoms with E-state index in [-0.39, 0.29) is 28.9 Å². The van der Waals surface area contributed by atoms with E-state index >= 15 is 0 Å². The van der Waals surface area contributed by atoms with Crippen LogP contribution in [0.15, 0.2) is 53.4 Å². The number of hydrogen-bond donors (Lipinski definition) is 0. The Morgan fingerprint density at radius 1 is 1.07 bits per heavy atom. The molecule has 10 heteroatoms.